The minimum atomic E-state index is -0.362. The van der Waals surface area contributed by atoms with E-state index in [0.717, 1.165) is 31.4 Å². The van der Waals surface area contributed by atoms with Gasteiger partial charge in [0, 0.05) is 6.54 Å². The average molecular weight is 305 g/mol. The Bertz CT molecular complexity index is 508. The first kappa shape index (κ1) is 15.2. The zero-order valence-electron chi connectivity index (χ0n) is 13.0. The number of methoxy groups -OCH3 is 1. The highest BCUT2D eigenvalue weighted by atomic mass is 16.5. The van der Waals surface area contributed by atoms with Crippen LogP contribution in [-0.4, -0.2) is 43.4 Å². The molecule has 5 heteroatoms. The molecule has 1 saturated carbocycles. The van der Waals surface area contributed by atoms with Crippen molar-refractivity contribution >= 4 is 5.91 Å². The minimum Gasteiger partial charge on any atom is -0.497 e. The second-order valence-electron chi connectivity index (χ2n) is 5.86. The number of carbonyl (C=O) groups is 1. The second-order valence-corrected chi connectivity index (χ2v) is 5.86. The topological polar surface area (TPSA) is 48.0 Å². The average Bonchev–Trinajstić information content (AvgIpc) is 2.96. The van der Waals surface area contributed by atoms with E-state index in [4.69, 9.17) is 14.2 Å². The number of benzene rings is 1. The number of carbonyl (C=O) groups excluding carboxylic acids is 1. The molecule has 0 atom stereocenters. The summed E-state index contributed by atoms with van der Waals surface area (Å²) in [5, 5.41) is 0. The molecule has 2 fully saturated rings. The Hall–Kier alpha value is -1.75. The molecular formula is C17H23NO4. The van der Waals surface area contributed by atoms with Crippen molar-refractivity contribution in [2.24, 2.45) is 0 Å². The van der Waals surface area contributed by atoms with Gasteiger partial charge in [0.2, 0.25) is 0 Å². The highest BCUT2D eigenvalue weighted by Gasteiger charge is 2.45. The van der Waals surface area contributed by atoms with Gasteiger partial charge in [-0.05, 0) is 49.9 Å². The molecule has 1 amide bonds. The molecule has 1 aromatic rings. The zero-order valence-corrected chi connectivity index (χ0v) is 13.0. The Kier molecular flexibility index (Phi) is 4.52. The van der Waals surface area contributed by atoms with E-state index in [2.05, 4.69) is 0 Å². The van der Waals surface area contributed by atoms with E-state index in [9.17, 15) is 4.79 Å². The lowest BCUT2D eigenvalue weighted by molar-refractivity contribution is -0.157. The molecule has 0 N–H and O–H groups in total. The van der Waals surface area contributed by atoms with Crippen LogP contribution in [0.4, 0.5) is 0 Å². The van der Waals surface area contributed by atoms with E-state index >= 15 is 0 Å². The van der Waals surface area contributed by atoms with Gasteiger partial charge >= 0.3 is 0 Å². The van der Waals surface area contributed by atoms with E-state index in [1.807, 2.05) is 29.2 Å². The predicted molar refractivity (Wildman–Crippen MR) is 82.0 cm³/mol. The monoisotopic (exact) mass is 305 g/mol. The van der Waals surface area contributed by atoms with Crippen molar-refractivity contribution < 1.29 is 19.0 Å². The van der Waals surface area contributed by atoms with Crippen molar-refractivity contribution in [2.45, 2.75) is 37.8 Å². The van der Waals surface area contributed by atoms with E-state index in [1.165, 1.54) is 6.42 Å². The van der Waals surface area contributed by atoms with Gasteiger partial charge in [0.1, 0.15) is 17.2 Å². The van der Waals surface area contributed by atoms with Crippen LogP contribution < -0.4 is 9.47 Å². The van der Waals surface area contributed by atoms with Crippen LogP contribution >= 0.6 is 0 Å². The van der Waals surface area contributed by atoms with Crippen LogP contribution in [0, 0.1) is 0 Å². The van der Waals surface area contributed by atoms with Gasteiger partial charge in [0.05, 0.1) is 13.7 Å². The molecule has 0 bridgehead atoms. The summed E-state index contributed by atoms with van der Waals surface area (Å²) in [6.45, 7) is 1.36. The molecule has 22 heavy (non-hydrogen) atoms. The molecule has 1 aromatic carbocycles. The molecule has 1 aliphatic heterocycles. The number of amides is 1. The van der Waals surface area contributed by atoms with Crippen molar-refractivity contribution in [3.8, 4) is 11.5 Å². The SMILES string of the molecule is COc1ccc(OCC(=O)N2CCOC23CCCCC3)cc1. The smallest absolute Gasteiger partial charge is 0.262 e. The van der Waals surface area contributed by atoms with Crippen LogP contribution in [0.5, 0.6) is 11.5 Å². The second kappa shape index (κ2) is 6.57. The first-order valence-electron chi connectivity index (χ1n) is 7.95. The number of hydrogen-bond donors (Lipinski definition) is 0. The largest absolute Gasteiger partial charge is 0.497 e. The maximum absolute atomic E-state index is 12.5. The van der Waals surface area contributed by atoms with Crippen LogP contribution in [0.2, 0.25) is 0 Å². The highest BCUT2D eigenvalue weighted by Crippen LogP contribution is 2.38. The molecule has 5 nitrogen and oxygen atoms in total. The fourth-order valence-corrected chi connectivity index (χ4v) is 3.37. The van der Waals surface area contributed by atoms with Gasteiger partial charge < -0.3 is 19.1 Å². The third-order valence-electron chi connectivity index (χ3n) is 4.54. The van der Waals surface area contributed by atoms with Crippen molar-refractivity contribution in [1.29, 1.82) is 0 Å². The number of ether oxygens (including phenoxy) is 3. The quantitative estimate of drug-likeness (QED) is 0.858. The molecule has 0 radical (unpaired) electrons. The van der Waals surface area contributed by atoms with Crippen LogP contribution in [-0.2, 0) is 9.53 Å². The Morgan fingerprint density at radius 2 is 1.86 bits per heavy atom. The highest BCUT2D eigenvalue weighted by molar-refractivity contribution is 5.78. The van der Waals surface area contributed by atoms with Gasteiger partial charge in [0.15, 0.2) is 6.61 Å². The Labute approximate surface area is 131 Å². The van der Waals surface area contributed by atoms with Crippen LogP contribution in [0.1, 0.15) is 32.1 Å². The van der Waals surface area contributed by atoms with E-state index < -0.39 is 0 Å². The minimum absolute atomic E-state index is 0.00946. The zero-order chi connectivity index (χ0) is 15.4. The number of nitrogens with zero attached hydrogens (tertiary/aromatic N) is 1. The van der Waals surface area contributed by atoms with Gasteiger partial charge in [-0.25, -0.2) is 0 Å². The molecule has 0 aromatic heterocycles. The molecule has 1 saturated heterocycles. The summed E-state index contributed by atoms with van der Waals surface area (Å²) in [6.07, 6.45) is 5.38. The van der Waals surface area contributed by atoms with E-state index in [-0.39, 0.29) is 18.2 Å². The lowest BCUT2D eigenvalue weighted by atomic mass is 9.90. The van der Waals surface area contributed by atoms with Gasteiger partial charge in [-0.15, -0.1) is 0 Å². The Morgan fingerprint density at radius 3 is 2.55 bits per heavy atom. The number of hydrogen-bond acceptors (Lipinski definition) is 4. The lowest BCUT2D eigenvalue weighted by Crippen LogP contribution is -2.50. The lowest BCUT2D eigenvalue weighted by Gasteiger charge is -2.39. The first-order chi connectivity index (χ1) is 10.7. The maximum atomic E-state index is 12.5. The third kappa shape index (κ3) is 3.04. The summed E-state index contributed by atoms with van der Waals surface area (Å²) < 4.78 is 16.6. The van der Waals surface area contributed by atoms with Gasteiger partial charge in [-0.2, -0.15) is 0 Å². The summed E-state index contributed by atoms with van der Waals surface area (Å²) in [7, 11) is 1.62. The summed E-state index contributed by atoms with van der Waals surface area (Å²) in [5.41, 5.74) is -0.362. The molecular weight excluding hydrogens is 282 g/mol. The third-order valence-corrected chi connectivity index (χ3v) is 4.54. The van der Waals surface area contributed by atoms with Crippen molar-refractivity contribution in [1.82, 2.24) is 4.90 Å². The fourth-order valence-electron chi connectivity index (χ4n) is 3.37. The molecule has 1 aliphatic carbocycles. The predicted octanol–water partition coefficient (Wildman–Crippen LogP) is 2.59. The van der Waals surface area contributed by atoms with E-state index in [1.54, 1.807) is 7.11 Å². The Balaban J connectivity index is 1.58. The standard InChI is InChI=1S/C17H23NO4/c1-20-14-5-7-15(8-6-14)21-13-16(19)18-11-12-22-17(18)9-3-2-4-10-17/h5-8H,2-4,9-13H2,1H3. The summed E-state index contributed by atoms with van der Waals surface area (Å²) in [4.78, 5) is 14.4. The molecule has 120 valence electrons. The van der Waals surface area contributed by atoms with Gasteiger partial charge in [0.25, 0.3) is 5.91 Å². The summed E-state index contributed by atoms with van der Waals surface area (Å²) in [5.74, 6) is 1.45. The van der Waals surface area contributed by atoms with Gasteiger partial charge in [-0.3, -0.25) is 4.79 Å². The molecule has 2 aliphatic rings. The maximum Gasteiger partial charge on any atom is 0.262 e. The first-order valence-corrected chi connectivity index (χ1v) is 7.95. The fraction of sp³-hybridized carbons (Fsp3) is 0.588. The van der Waals surface area contributed by atoms with Crippen LogP contribution in [0.15, 0.2) is 24.3 Å². The molecule has 3 rings (SSSR count). The summed E-state index contributed by atoms with van der Waals surface area (Å²) in [6, 6.07) is 7.26. The summed E-state index contributed by atoms with van der Waals surface area (Å²) >= 11 is 0. The van der Waals surface area contributed by atoms with Crippen molar-refractivity contribution in [3.63, 3.8) is 0 Å². The van der Waals surface area contributed by atoms with Gasteiger partial charge in [-0.1, -0.05) is 6.42 Å². The van der Waals surface area contributed by atoms with Crippen LogP contribution in [0.25, 0.3) is 0 Å². The van der Waals surface area contributed by atoms with Crippen LogP contribution in [0.3, 0.4) is 0 Å². The number of rotatable bonds is 4. The normalized spacial score (nSPS) is 20.1. The van der Waals surface area contributed by atoms with E-state index in [0.29, 0.717) is 18.9 Å². The van der Waals surface area contributed by atoms with Crippen molar-refractivity contribution in [3.05, 3.63) is 24.3 Å². The molecule has 1 spiro atoms. The Morgan fingerprint density at radius 1 is 1.18 bits per heavy atom. The molecule has 0 unspecified atom stereocenters. The van der Waals surface area contributed by atoms with Crippen molar-refractivity contribution in [2.75, 3.05) is 26.9 Å². The molecule has 1 heterocycles.